The number of ketones is 1. The van der Waals surface area contributed by atoms with E-state index >= 15 is 0 Å². The van der Waals surface area contributed by atoms with Crippen LogP contribution in [0, 0.1) is 10.1 Å². The highest BCUT2D eigenvalue weighted by Gasteiger charge is 2.25. The number of Topliss-reactive ketones (excluding diaryl/α,β-unsaturated/α-hetero) is 1. The SMILES string of the molecule is CCOc1ccc([C@H](CNc2ccc(C(C)=O)cc2[N+](=O)[O-])N2CCOCC2)cc1OC. The molecule has 1 aliphatic heterocycles. The van der Waals surface area contributed by atoms with Gasteiger partial charge < -0.3 is 19.5 Å². The molecule has 1 aliphatic rings. The Morgan fingerprint density at radius 1 is 1.22 bits per heavy atom. The van der Waals surface area contributed by atoms with Gasteiger partial charge in [-0.2, -0.15) is 0 Å². The van der Waals surface area contributed by atoms with Crippen LogP contribution in [0.15, 0.2) is 36.4 Å². The van der Waals surface area contributed by atoms with Gasteiger partial charge in [-0.1, -0.05) is 6.07 Å². The second-order valence-corrected chi connectivity index (χ2v) is 7.43. The fourth-order valence-corrected chi connectivity index (χ4v) is 3.77. The molecule has 1 heterocycles. The monoisotopic (exact) mass is 443 g/mol. The zero-order valence-electron chi connectivity index (χ0n) is 18.6. The van der Waals surface area contributed by atoms with Crippen LogP contribution in [0.2, 0.25) is 0 Å². The van der Waals surface area contributed by atoms with E-state index in [2.05, 4.69) is 10.2 Å². The number of carbonyl (C=O) groups excluding carboxylic acids is 1. The van der Waals surface area contributed by atoms with E-state index in [-0.39, 0.29) is 17.5 Å². The molecule has 1 atom stereocenters. The molecule has 0 unspecified atom stereocenters. The summed E-state index contributed by atoms with van der Waals surface area (Å²) in [7, 11) is 1.60. The molecule has 2 aromatic carbocycles. The van der Waals surface area contributed by atoms with Gasteiger partial charge in [0.2, 0.25) is 0 Å². The molecule has 0 amide bonds. The largest absolute Gasteiger partial charge is 0.493 e. The fraction of sp³-hybridized carbons (Fsp3) is 0.435. The lowest BCUT2D eigenvalue weighted by Gasteiger charge is -2.35. The number of hydrogen-bond acceptors (Lipinski definition) is 8. The number of benzene rings is 2. The van der Waals surface area contributed by atoms with E-state index in [4.69, 9.17) is 14.2 Å². The Bertz CT molecular complexity index is 959. The molecule has 0 radical (unpaired) electrons. The Hall–Kier alpha value is -3.17. The van der Waals surface area contributed by atoms with Crippen LogP contribution >= 0.6 is 0 Å². The fourth-order valence-electron chi connectivity index (χ4n) is 3.77. The minimum absolute atomic E-state index is 0.0736. The van der Waals surface area contributed by atoms with Crippen LogP contribution in [0.5, 0.6) is 11.5 Å². The predicted molar refractivity (Wildman–Crippen MR) is 121 cm³/mol. The molecule has 1 N–H and O–H groups in total. The molecular weight excluding hydrogens is 414 g/mol. The Labute approximate surface area is 187 Å². The van der Waals surface area contributed by atoms with Crippen molar-refractivity contribution in [3.8, 4) is 11.5 Å². The summed E-state index contributed by atoms with van der Waals surface area (Å²) in [6.07, 6.45) is 0. The lowest BCUT2D eigenvalue weighted by molar-refractivity contribution is -0.384. The van der Waals surface area contributed by atoms with Crippen LogP contribution in [0.4, 0.5) is 11.4 Å². The van der Waals surface area contributed by atoms with Crippen LogP contribution in [0.25, 0.3) is 0 Å². The Kier molecular flexibility index (Phi) is 8.02. The highest BCUT2D eigenvalue weighted by atomic mass is 16.6. The molecule has 0 aliphatic carbocycles. The number of nitrogens with zero attached hydrogens (tertiary/aromatic N) is 2. The first kappa shape index (κ1) is 23.5. The lowest BCUT2D eigenvalue weighted by Crippen LogP contribution is -2.41. The minimum Gasteiger partial charge on any atom is -0.493 e. The summed E-state index contributed by atoms with van der Waals surface area (Å²) < 4.78 is 16.7. The number of methoxy groups -OCH3 is 1. The van der Waals surface area contributed by atoms with E-state index in [1.165, 1.54) is 13.0 Å². The van der Waals surface area contributed by atoms with Gasteiger partial charge in [0.05, 0.1) is 37.9 Å². The van der Waals surface area contributed by atoms with Gasteiger partial charge in [-0.3, -0.25) is 19.8 Å². The standard InChI is InChI=1S/C23H29N3O6/c1-4-32-22-8-6-18(14-23(22)30-3)21(25-9-11-31-12-10-25)15-24-19-7-5-17(16(2)27)13-20(19)26(28)29/h5-8,13-14,21,24H,4,9-12,15H2,1-3H3/t21-/m0/s1. The average Bonchev–Trinajstić information content (AvgIpc) is 2.80. The first-order valence-corrected chi connectivity index (χ1v) is 10.6. The summed E-state index contributed by atoms with van der Waals surface area (Å²) >= 11 is 0. The van der Waals surface area contributed by atoms with Crippen molar-refractivity contribution in [2.75, 3.05) is 51.9 Å². The molecule has 0 saturated carbocycles. The second kappa shape index (κ2) is 10.9. The zero-order valence-corrected chi connectivity index (χ0v) is 18.6. The number of ether oxygens (including phenoxy) is 3. The van der Waals surface area contributed by atoms with Gasteiger partial charge in [0.1, 0.15) is 5.69 Å². The number of anilines is 1. The van der Waals surface area contributed by atoms with E-state index in [1.807, 2.05) is 25.1 Å². The normalized spacial score (nSPS) is 15.1. The van der Waals surface area contributed by atoms with Crippen LogP contribution in [-0.2, 0) is 4.74 Å². The van der Waals surface area contributed by atoms with Gasteiger partial charge in [-0.05, 0) is 43.7 Å². The number of hydrogen-bond donors (Lipinski definition) is 1. The molecular formula is C23H29N3O6. The van der Waals surface area contributed by atoms with E-state index in [0.717, 1.165) is 18.7 Å². The van der Waals surface area contributed by atoms with Gasteiger partial charge in [-0.25, -0.2) is 0 Å². The van der Waals surface area contributed by atoms with Crippen LogP contribution in [0.3, 0.4) is 0 Å². The van der Waals surface area contributed by atoms with Crippen molar-refractivity contribution < 1.29 is 23.9 Å². The molecule has 9 heteroatoms. The average molecular weight is 444 g/mol. The van der Waals surface area contributed by atoms with Gasteiger partial charge in [0.25, 0.3) is 5.69 Å². The molecule has 32 heavy (non-hydrogen) atoms. The molecule has 1 saturated heterocycles. The number of rotatable bonds is 10. The van der Waals surface area contributed by atoms with E-state index in [1.54, 1.807) is 19.2 Å². The smallest absolute Gasteiger partial charge is 0.293 e. The van der Waals surface area contributed by atoms with Crippen molar-refractivity contribution in [2.45, 2.75) is 19.9 Å². The maximum absolute atomic E-state index is 11.6. The molecule has 0 bridgehead atoms. The van der Waals surface area contributed by atoms with Gasteiger partial charge >= 0.3 is 0 Å². The van der Waals surface area contributed by atoms with Crippen LogP contribution in [0.1, 0.15) is 35.8 Å². The third kappa shape index (κ3) is 5.54. The summed E-state index contributed by atoms with van der Waals surface area (Å²) in [5, 5.41) is 14.8. The molecule has 3 rings (SSSR count). The maximum atomic E-state index is 11.6. The minimum atomic E-state index is -0.474. The third-order valence-corrected chi connectivity index (χ3v) is 5.45. The molecule has 0 aromatic heterocycles. The van der Waals surface area contributed by atoms with Crippen molar-refractivity contribution >= 4 is 17.2 Å². The van der Waals surface area contributed by atoms with Crippen molar-refractivity contribution in [3.05, 3.63) is 57.6 Å². The first-order valence-electron chi connectivity index (χ1n) is 10.6. The molecule has 1 fully saturated rings. The van der Waals surface area contributed by atoms with Crippen molar-refractivity contribution in [1.82, 2.24) is 4.90 Å². The predicted octanol–water partition coefficient (Wildman–Crippen LogP) is 3.69. The Morgan fingerprint density at radius 3 is 2.59 bits per heavy atom. The number of nitro benzene ring substituents is 1. The topological polar surface area (TPSA) is 103 Å². The van der Waals surface area contributed by atoms with E-state index in [0.29, 0.717) is 49.1 Å². The second-order valence-electron chi connectivity index (χ2n) is 7.43. The molecule has 172 valence electrons. The molecule has 2 aromatic rings. The number of carbonyl (C=O) groups is 1. The lowest BCUT2D eigenvalue weighted by atomic mass is 10.0. The van der Waals surface area contributed by atoms with Gasteiger partial charge in [-0.15, -0.1) is 0 Å². The quantitative estimate of drug-likeness (QED) is 0.337. The third-order valence-electron chi connectivity index (χ3n) is 5.45. The highest BCUT2D eigenvalue weighted by Crippen LogP contribution is 2.34. The summed E-state index contributed by atoms with van der Waals surface area (Å²) in [5.41, 5.74) is 1.56. The number of nitrogens with one attached hydrogen (secondary N) is 1. The van der Waals surface area contributed by atoms with Crippen molar-refractivity contribution in [1.29, 1.82) is 0 Å². The Morgan fingerprint density at radius 2 is 1.97 bits per heavy atom. The van der Waals surface area contributed by atoms with Crippen molar-refractivity contribution in [3.63, 3.8) is 0 Å². The highest BCUT2D eigenvalue weighted by molar-refractivity contribution is 5.95. The number of morpholine rings is 1. The van der Waals surface area contributed by atoms with Crippen LogP contribution in [-0.4, -0.2) is 62.2 Å². The van der Waals surface area contributed by atoms with Crippen LogP contribution < -0.4 is 14.8 Å². The summed E-state index contributed by atoms with van der Waals surface area (Å²) in [5.74, 6) is 1.09. The van der Waals surface area contributed by atoms with Crippen molar-refractivity contribution in [2.24, 2.45) is 0 Å². The summed E-state index contributed by atoms with van der Waals surface area (Å²) in [4.78, 5) is 25.0. The molecule has 9 nitrogen and oxygen atoms in total. The number of nitro groups is 1. The summed E-state index contributed by atoms with van der Waals surface area (Å²) in [6, 6.07) is 10.2. The first-order chi connectivity index (χ1) is 15.4. The Balaban J connectivity index is 1.89. The molecule has 0 spiro atoms. The summed E-state index contributed by atoms with van der Waals surface area (Å²) in [6.45, 7) is 7.00. The zero-order chi connectivity index (χ0) is 23.1. The van der Waals surface area contributed by atoms with Gasteiger partial charge in [0, 0.05) is 31.3 Å². The maximum Gasteiger partial charge on any atom is 0.293 e. The van der Waals surface area contributed by atoms with E-state index < -0.39 is 4.92 Å². The van der Waals surface area contributed by atoms with E-state index in [9.17, 15) is 14.9 Å². The van der Waals surface area contributed by atoms with Gasteiger partial charge in [0.15, 0.2) is 17.3 Å².